The number of carbonyl (C=O) groups is 2. The fourth-order valence-electron chi connectivity index (χ4n) is 2.07. The molecule has 0 heterocycles. The van der Waals surface area contributed by atoms with Gasteiger partial charge in [0.15, 0.2) is 0 Å². The summed E-state index contributed by atoms with van der Waals surface area (Å²) in [5, 5.41) is 7.07. The van der Waals surface area contributed by atoms with E-state index in [0.29, 0.717) is 20.1 Å². The van der Waals surface area contributed by atoms with Crippen LogP contribution < -0.4 is 10.6 Å². The summed E-state index contributed by atoms with van der Waals surface area (Å²) in [6.45, 7) is 0.577. The Morgan fingerprint density at radius 1 is 0.679 bits per heavy atom. The summed E-state index contributed by atoms with van der Waals surface area (Å²) >= 11 is 23.5. The summed E-state index contributed by atoms with van der Waals surface area (Å²) in [4.78, 5) is 23.6. The van der Waals surface area contributed by atoms with Crippen LogP contribution in [0.1, 0.15) is 11.1 Å². The first-order valence-corrected chi connectivity index (χ1v) is 9.68. The lowest BCUT2D eigenvalue weighted by Gasteiger charge is -2.03. The van der Waals surface area contributed by atoms with Gasteiger partial charge < -0.3 is 10.6 Å². The van der Waals surface area contributed by atoms with Crippen LogP contribution in [0.2, 0.25) is 20.1 Å². The van der Waals surface area contributed by atoms with Crippen LogP contribution in [0.25, 0.3) is 12.2 Å². The molecule has 2 N–H and O–H groups in total. The monoisotopic (exact) mass is 456 g/mol. The van der Waals surface area contributed by atoms with Crippen molar-refractivity contribution in [2.75, 3.05) is 13.1 Å². The number of hydrogen-bond donors (Lipinski definition) is 2. The SMILES string of the molecule is O=C(C=Cc1ccc(Cl)c(Cl)c1)NCCNC(=O)C=Cc1ccc(Cl)c(Cl)c1. The van der Waals surface area contributed by atoms with Gasteiger partial charge in [0, 0.05) is 25.2 Å². The summed E-state index contributed by atoms with van der Waals surface area (Å²) in [5.74, 6) is -0.571. The Morgan fingerprint density at radius 3 is 1.43 bits per heavy atom. The second kappa shape index (κ2) is 11.1. The van der Waals surface area contributed by atoms with Gasteiger partial charge >= 0.3 is 0 Å². The van der Waals surface area contributed by atoms with Gasteiger partial charge in [0.2, 0.25) is 11.8 Å². The van der Waals surface area contributed by atoms with Crippen molar-refractivity contribution in [1.29, 1.82) is 0 Å². The van der Waals surface area contributed by atoms with Crippen molar-refractivity contribution in [3.8, 4) is 0 Å². The summed E-state index contributed by atoms with van der Waals surface area (Å²) in [5.41, 5.74) is 1.51. The van der Waals surface area contributed by atoms with Crippen molar-refractivity contribution < 1.29 is 9.59 Å². The molecule has 0 bridgehead atoms. The van der Waals surface area contributed by atoms with E-state index in [1.165, 1.54) is 12.2 Å². The Labute approximate surface area is 183 Å². The molecule has 0 atom stereocenters. The molecule has 2 amide bonds. The predicted molar refractivity (Wildman–Crippen MR) is 117 cm³/mol. The lowest BCUT2D eigenvalue weighted by atomic mass is 10.2. The number of carbonyl (C=O) groups excluding carboxylic acids is 2. The molecule has 146 valence electrons. The van der Waals surface area contributed by atoms with Crippen LogP contribution in [0.4, 0.5) is 0 Å². The minimum absolute atomic E-state index is 0.285. The van der Waals surface area contributed by atoms with Crippen molar-refractivity contribution >= 4 is 70.4 Å². The lowest BCUT2D eigenvalue weighted by Crippen LogP contribution is -2.33. The van der Waals surface area contributed by atoms with Crippen LogP contribution in [-0.2, 0) is 9.59 Å². The van der Waals surface area contributed by atoms with Gasteiger partial charge in [0.05, 0.1) is 20.1 Å². The highest BCUT2D eigenvalue weighted by molar-refractivity contribution is 6.42. The molecule has 2 rings (SSSR count). The fourth-order valence-corrected chi connectivity index (χ4v) is 2.68. The second-order valence-corrected chi connectivity index (χ2v) is 7.22. The molecule has 0 aliphatic heterocycles. The van der Waals surface area contributed by atoms with Crippen LogP contribution >= 0.6 is 46.4 Å². The topological polar surface area (TPSA) is 58.2 Å². The standard InChI is InChI=1S/C20H16Cl4N2O2/c21-15-5-1-13(11-17(15)23)3-7-19(27)25-9-10-26-20(28)8-4-14-2-6-16(22)18(24)12-14/h1-8,11-12H,9-10H2,(H,25,27)(H,26,28). The van der Waals surface area contributed by atoms with Gasteiger partial charge in [-0.05, 0) is 47.5 Å². The largest absolute Gasteiger partial charge is 0.351 e. The molecule has 0 saturated heterocycles. The van der Waals surface area contributed by atoms with Crippen LogP contribution in [0.3, 0.4) is 0 Å². The number of benzene rings is 2. The van der Waals surface area contributed by atoms with E-state index in [1.807, 2.05) is 0 Å². The van der Waals surface area contributed by atoms with Crippen molar-refractivity contribution in [2.45, 2.75) is 0 Å². The average Bonchev–Trinajstić information content (AvgIpc) is 2.67. The Kier molecular flexibility index (Phi) is 8.87. The van der Waals surface area contributed by atoms with Crippen molar-refractivity contribution in [3.05, 3.63) is 79.8 Å². The van der Waals surface area contributed by atoms with E-state index in [1.54, 1.807) is 48.6 Å². The van der Waals surface area contributed by atoms with E-state index in [2.05, 4.69) is 10.6 Å². The van der Waals surface area contributed by atoms with Crippen LogP contribution in [0.5, 0.6) is 0 Å². The quantitative estimate of drug-likeness (QED) is 0.440. The number of hydrogen-bond acceptors (Lipinski definition) is 2. The van der Waals surface area contributed by atoms with Crippen molar-refractivity contribution in [1.82, 2.24) is 10.6 Å². The van der Waals surface area contributed by atoms with E-state index in [9.17, 15) is 9.59 Å². The molecule has 0 fully saturated rings. The molecule has 0 saturated carbocycles. The minimum atomic E-state index is -0.285. The van der Waals surface area contributed by atoms with Gasteiger partial charge in [-0.1, -0.05) is 58.5 Å². The summed E-state index contributed by atoms with van der Waals surface area (Å²) < 4.78 is 0. The third-order valence-corrected chi connectivity index (χ3v) is 4.94. The average molecular weight is 458 g/mol. The molecule has 28 heavy (non-hydrogen) atoms. The fraction of sp³-hybridized carbons (Fsp3) is 0.100. The first-order valence-electron chi connectivity index (χ1n) is 8.17. The smallest absolute Gasteiger partial charge is 0.244 e. The zero-order chi connectivity index (χ0) is 20.5. The molecule has 0 unspecified atom stereocenters. The maximum Gasteiger partial charge on any atom is 0.244 e. The molecule has 0 aromatic heterocycles. The third-order valence-electron chi connectivity index (χ3n) is 3.47. The molecule has 0 aliphatic rings. The Hall–Kier alpha value is -1.98. The van der Waals surface area contributed by atoms with Crippen molar-refractivity contribution in [3.63, 3.8) is 0 Å². The molecule has 4 nitrogen and oxygen atoms in total. The van der Waals surface area contributed by atoms with Gasteiger partial charge in [0.1, 0.15) is 0 Å². The molecule has 8 heteroatoms. The van der Waals surface area contributed by atoms with Gasteiger partial charge in [-0.15, -0.1) is 0 Å². The van der Waals surface area contributed by atoms with E-state index >= 15 is 0 Å². The van der Waals surface area contributed by atoms with Gasteiger partial charge in [-0.2, -0.15) is 0 Å². The zero-order valence-electron chi connectivity index (χ0n) is 14.5. The molecule has 2 aromatic rings. The van der Waals surface area contributed by atoms with Crippen LogP contribution in [0, 0.1) is 0 Å². The van der Waals surface area contributed by atoms with E-state index in [-0.39, 0.29) is 24.9 Å². The molecule has 2 aromatic carbocycles. The Balaban J connectivity index is 1.71. The molecular formula is C20H16Cl4N2O2. The van der Waals surface area contributed by atoms with Gasteiger partial charge in [-0.3, -0.25) is 9.59 Å². The van der Waals surface area contributed by atoms with Crippen LogP contribution in [-0.4, -0.2) is 24.9 Å². The molecule has 0 aliphatic carbocycles. The van der Waals surface area contributed by atoms with E-state index < -0.39 is 0 Å². The molecular weight excluding hydrogens is 442 g/mol. The first-order chi connectivity index (χ1) is 13.3. The highest BCUT2D eigenvalue weighted by Gasteiger charge is 2.00. The van der Waals surface area contributed by atoms with Crippen molar-refractivity contribution in [2.24, 2.45) is 0 Å². The third kappa shape index (κ3) is 7.56. The zero-order valence-corrected chi connectivity index (χ0v) is 17.5. The highest BCUT2D eigenvalue weighted by atomic mass is 35.5. The lowest BCUT2D eigenvalue weighted by molar-refractivity contribution is -0.118. The van der Waals surface area contributed by atoms with Gasteiger partial charge in [-0.25, -0.2) is 0 Å². The first kappa shape index (κ1) is 22.3. The second-order valence-electron chi connectivity index (χ2n) is 5.60. The summed E-state index contributed by atoms with van der Waals surface area (Å²) in [6, 6.07) is 10.1. The molecule has 0 radical (unpaired) electrons. The summed E-state index contributed by atoms with van der Waals surface area (Å²) in [7, 11) is 0. The van der Waals surface area contributed by atoms with Crippen LogP contribution in [0.15, 0.2) is 48.6 Å². The Morgan fingerprint density at radius 2 is 1.07 bits per heavy atom. The number of rotatable bonds is 7. The normalized spacial score (nSPS) is 11.1. The highest BCUT2D eigenvalue weighted by Crippen LogP contribution is 2.23. The predicted octanol–water partition coefficient (Wildman–Crippen LogP) is 5.26. The van der Waals surface area contributed by atoms with E-state index in [4.69, 9.17) is 46.4 Å². The minimum Gasteiger partial charge on any atom is -0.351 e. The van der Waals surface area contributed by atoms with E-state index in [0.717, 1.165) is 11.1 Å². The molecule has 0 spiro atoms. The Bertz CT molecular complexity index is 851. The maximum atomic E-state index is 11.8. The van der Waals surface area contributed by atoms with Gasteiger partial charge in [0.25, 0.3) is 0 Å². The number of nitrogens with one attached hydrogen (secondary N) is 2. The number of amides is 2. The number of halogens is 4. The maximum absolute atomic E-state index is 11.8. The summed E-state index contributed by atoms with van der Waals surface area (Å²) in [6.07, 6.45) is 6.00.